The summed E-state index contributed by atoms with van der Waals surface area (Å²) in [5.74, 6) is 6.35. The molecule has 3 heterocycles. The molecule has 0 saturated carbocycles. The highest BCUT2D eigenvalue weighted by Gasteiger charge is 2.09. The van der Waals surface area contributed by atoms with E-state index < -0.39 is 5.60 Å². The predicted molar refractivity (Wildman–Crippen MR) is 108 cm³/mol. The van der Waals surface area contributed by atoms with Gasteiger partial charge in [0.25, 0.3) is 0 Å². The fourth-order valence-corrected chi connectivity index (χ4v) is 2.05. The third-order valence-corrected chi connectivity index (χ3v) is 3.42. The van der Waals surface area contributed by atoms with Gasteiger partial charge in [0.05, 0.1) is 31.3 Å². The van der Waals surface area contributed by atoms with Gasteiger partial charge in [-0.25, -0.2) is 9.97 Å². The number of hydrogen-bond acceptors (Lipinski definition) is 10. The van der Waals surface area contributed by atoms with E-state index in [1.807, 2.05) is 6.07 Å². The number of ether oxygens (including phenoxy) is 1. The molecular weight excluding hydrogens is 372 g/mol. The van der Waals surface area contributed by atoms with Gasteiger partial charge in [-0.3, -0.25) is 0 Å². The summed E-state index contributed by atoms with van der Waals surface area (Å²) in [6, 6.07) is 3.60. The number of aliphatic hydroxyl groups is 1. The quantitative estimate of drug-likeness (QED) is 0.546. The number of anilines is 3. The monoisotopic (exact) mass is 396 g/mol. The minimum absolute atomic E-state index is 0.231. The molecule has 10 nitrogen and oxygen atoms in total. The second-order valence-corrected chi connectivity index (χ2v) is 6.44. The van der Waals surface area contributed by atoms with Crippen LogP contribution in [0.2, 0.25) is 0 Å². The van der Waals surface area contributed by atoms with E-state index in [9.17, 15) is 5.11 Å². The highest BCUT2D eigenvalue weighted by Crippen LogP contribution is 2.17. The Morgan fingerprint density at radius 2 is 1.93 bits per heavy atom. The SMILES string of the molecule is C1COCCN1.CNc1cc(Nc2cnc(C#N)cn2)nnc1C#CC(C)(C)O. The average molecular weight is 396 g/mol. The molecule has 10 heteroatoms. The normalized spacial score (nSPS) is 13.1. The number of nitrogens with zero attached hydrogens (tertiary/aromatic N) is 5. The molecule has 0 amide bonds. The lowest BCUT2D eigenvalue weighted by atomic mass is 10.1. The number of nitrogens with one attached hydrogen (secondary N) is 3. The molecule has 0 atom stereocenters. The highest BCUT2D eigenvalue weighted by atomic mass is 16.5. The second kappa shape index (κ2) is 10.9. The molecule has 1 aliphatic heterocycles. The zero-order chi connectivity index (χ0) is 21.1. The average Bonchev–Trinajstić information content (AvgIpc) is 2.74. The minimum atomic E-state index is -1.11. The molecule has 0 radical (unpaired) electrons. The van der Waals surface area contributed by atoms with Crippen molar-refractivity contribution < 1.29 is 9.84 Å². The molecule has 0 aromatic carbocycles. The lowest BCUT2D eigenvalue weighted by molar-refractivity contribution is 0.109. The molecule has 0 aliphatic carbocycles. The summed E-state index contributed by atoms with van der Waals surface area (Å²) in [7, 11) is 1.73. The number of rotatable bonds is 3. The van der Waals surface area contributed by atoms with Crippen LogP contribution in [0.3, 0.4) is 0 Å². The van der Waals surface area contributed by atoms with Crippen molar-refractivity contribution in [1.82, 2.24) is 25.5 Å². The summed E-state index contributed by atoms with van der Waals surface area (Å²) in [4.78, 5) is 7.96. The Morgan fingerprint density at radius 3 is 2.41 bits per heavy atom. The molecule has 0 bridgehead atoms. The molecule has 1 aliphatic rings. The molecular formula is C19H24N8O2. The third-order valence-electron chi connectivity index (χ3n) is 3.42. The first-order chi connectivity index (χ1) is 13.9. The van der Waals surface area contributed by atoms with Gasteiger partial charge < -0.3 is 25.8 Å². The highest BCUT2D eigenvalue weighted by molar-refractivity contribution is 5.62. The summed E-state index contributed by atoms with van der Waals surface area (Å²) < 4.78 is 5.01. The minimum Gasteiger partial charge on any atom is -0.386 e. The van der Waals surface area contributed by atoms with Crippen LogP contribution >= 0.6 is 0 Å². The van der Waals surface area contributed by atoms with Crippen LogP contribution in [0, 0.1) is 23.2 Å². The van der Waals surface area contributed by atoms with Crippen molar-refractivity contribution in [1.29, 1.82) is 5.26 Å². The van der Waals surface area contributed by atoms with E-state index in [0.717, 1.165) is 26.3 Å². The smallest absolute Gasteiger partial charge is 0.159 e. The van der Waals surface area contributed by atoms with Gasteiger partial charge in [-0.1, -0.05) is 5.92 Å². The molecule has 2 aromatic rings. The van der Waals surface area contributed by atoms with E-state index in [4.69, 9.17) is 10.00 Å². The summed E-state index contributed by atoms with van der Waals surface area (Å²) in [5.41, 5.74) is 0.198. The zero-order valence-electron chi connectivity index (χ0n) is 16.7. The molecule has 3 rings (SSSR count). The Bertz CT molecular complexity index is 876. The topological polar surface area (TPSA) is 141 Å². The maximum absolute atomic E-state index is 9.64. The summed E-state index contributed by atoms with van der Waals surface area (Å²) in [6.45, 7) is 7.01. The van der Waals surface area contributed by atoms with Crippen molar-refractivity contribution >= 4 is 17.3 Å². The van der Waals surface area contributed by atoms with Gasteiger partial charge in [-0.05, 0) is 19.8 Å². The van der Waals surface area contributed by atoms with Crippen molar-refractivity contribution in [2.75, 3.05) is 44.0 Å². The van der Waals surface area contributed by atoms with Gasteiger partial charge in [0.1, 0.15) is 17.5 Å². The molecule has 0 spiro atoms. The maximum Gasteiger partial charge on any atom is 0.159 e. The largest absolute Gasteiger partial charge is 0.386 e. The van der Waals surface area contributed by atoms with Crippen LogP contribution < -0.4 is 16.0 Å². The zero-order valence-corrected chi connectivity index (χ0v) is 16.7. The van der Waals surface area contributed by atoms with E-state index in [2.05, 4.69) is 48.0 Å². The number of nitriles is 1. The number of morpholine rings is 1. The van der Waals surface area contributed by atoms with E-state index in [1.165, 1.54) is 12.4 Å². The van der Waals surface area contributed by atoms with E-state index in [0.29, 0.717) is 23.0 Å². The van der Waals surface area contributed by atoms with Crippen molar-refractivity contribution in [3.63, 3.8) is 0 Å². The van der Waals surface area contributed by atoms with E-state index in [1.54, 1.807) is 27.0 Å². The first-order valence-corrected chi connectivity index (χ1v) is 9.00. The second-order valence-electron chi connectivity index (χ2n) is 6.44. The van der Waals surface area contributed by atoms with Crippen molar-refractivity contribution in [3.05, 3.63) is 29.8 Å². The Morgan fingerprint density at radius 1 is 1.17 bits per heavy atom. The molecule has 152 valence electrons. The number of aromatic nitrogens is 4. The predicted octanol–water partition coefficient (Wildman–Crippen LogP) is 0.652. The molecule has 1 fully saturated rings. The standard InChI is InChI=1S/C15H15N7O.C4H9NO/c1-15(2,23)5-4-11-12(17-3)6-13(22-21-11)20-14-9-18-10(7-16)8-19-14;1-3-6-4-2-5-1/h6,8-9,23H,1-3H3,(H2,17,19,20,22);5H,1-4H2. The van der Waals surface area contributed by atoms with Crippen molar-refractivity contribution in [2.24, 2.45) is 0 Å². The third kappa shape index (κ3) is 8.07. The van der Waals surface area contributed by atoms with Gasteiger partial charge in [0.2, 0.25) is 0 Å². The van der Waals surface area contributed by atoms with Crippen LogP contribution in [0.25, 0.3) is 0 Å². The van der Waals surface area contributed by atoms with Gasteiger partial charge in [-0.15, -0.1) is 10.2 Å². The van der Waals surface area contributed by atoms with Crippen molar-refractivity contribution in [2.45, 2.75) is 19.4 Å². The molecule has 29 heavy (non-hydrogen) atoms. The molecule has 2 aromatic heterocycles. The van der Waals surface area contributed by atoms with Gasteiger partial charge >= 0.3 is 0 Å². The van der Waals surface area contributed by atoms with Crippen LogP contribution in [0.4, 0.5) is 17.3 Å². The van der Waals surface area contributed by atoms with Crippen LogP contribution in [0.15, 0.2) is 18.5 Å². The summed E-state index contributed by atoms with van der Waals surface area (Å²) in [6.07, 6.45) is 2.79. The van der Waals surface area contributed by atoms with Crippen molar-refractivity contribution in [3.8, 4) is 17.9 Å². The Hall–Kier alpha value is -3.31. The molecule has 1 saturated heterocycles. The molecule has 0 unspecified atom stereocenters. The Labute approximate surface area is 169 Å². The first kappa shape index (κ1) is 22.0. The van der Waals surface area contributed by atoms with E-state index >= 15 is 0 Å². The lowest BCUT2D eigenvalue weighted by Crippen LogP contribution is -2.30. The van der Waals surface area contributed by atoms with Crippen LogP contribution in [0.5, 0.6) is 0 Å². The fraction of sp³-hybridized carbons (Fsp3) is 0.421. The first-order valence-electron chi connectivity index (χ1n) is 9.00. The van der Waals surface area contributed by atoms with Crippen LogP contribution in [-0.2, 0) is 4.74 Å². The maximum atomic E-state index is 9.64. The Kier molecular flexibility index (Phi) is 8.25. The fourth-order valence-electron chi connectivity index (χ4n) is 2.05. The van der Waals surface area contributed by atoms with Gasteiger partial charge in [-0.2, -0.15) is 5.26 Å². The Balaban J connectivity index is 0.000000426. The van der Waals surface area contributed by atoms with Crippen LogP contribution in [-0.4, -0.2) is 64.2 Å². The van der Waals surface area contributed by atoms with Crippen LogP contribution in [0.1, 0.15) is 25.2 Å². The number of hydrogen-bond donors (Lipinski definition) is 4. The van der Waals surface area contributed by atoms with Gasteiger partial charge in [0, 0.05) is 26.2 Å². The molecule has 4 N–H and O–H groups in total. The summed E-state index contributed by atoms with van der Waals surface area (Å²) >= 11 is 0. The summed E-state index contributed by atoms with van der Waals surface area (Å²) in [5, 5.41) is 35.4. The van der Waals surface area contributed by atoms with Gasteiger partial charge in [0.15, 0.2) is 17.2 Å². The lowest BCUT2D eigenvalue weighted by Gasteiger charge is -2.10. The van der Waals surface area contributed by atoms with E-state index in [-0.39, 0.29) is 5.69 Å².